The van der Waals surface area contributed by atoms with Crippen LogP contribution in [0, 0.1) is 13.8 Å². The van der Waals surface area contributed by atoms with Crippen molar-refractivity contribution in [2.24, 2.45) is 0 Å². The quantitative estimate of drug-likeness (QED) is 0.737. The van der Waals surface area contributed by atoms with E-state index in [1.54, 1.807) is 4.90 Å². The molecule has 0 radical (unpaired) electrons. The molecule has 1 aromatic rings. The van der Waals surface area contributed by atoms with Gasteiger partial charge in [0.1, 0.15) is 5.78 Å². The number of aryl methyl sites for hydroxylation is 2. The molecule has 4 nitrogen and oxygen atoms in total. The normalized spacial score (nSPS) is 19.7. The minimum absolute atomic E-state index is 0.159. The van der Waals surface area contributed by atoms with Gasteiger partial charge in [0.2, 0.25) is 0 Å². The van der Waals surface area contributed by atoms with E-state index in [-0.39, 0.29) is 18.1 Å². The van der Waals surface area contributed by atoms with Crippen molar-refractivity contribution in [3.63, 3.8) is 0 Å². The number of fused-ring (bicyclic) bond motifs is 1. The molecule has 1 unspecified atom stereocenters. The zero-order valence-electron chi connectivity index (χ0n) is 15.3. The van der Waals surface area contributed by atoms with Gasteiger partial charge < -0.3 is 10.0 Å². The fourth-order valence-electron chi connectivity index (χ4n) is 3.69. The average Bonchev–Trinajstić information content (AvgIpc) is 2.68. The molecule has 2 rings (SSSR count). The van der Waals surface area contributed by atoms with Crippen LogP contribution < -0.4 is 4.90 Å². The number of unbranched alkanes of at least 4 members (excludes halogenated alkanes) is 4. The Labute approximate surface area is 144 Å². The second-order valence-electron chi connectivity index (χ2n) is 7.09. The number of nitrogens with zero attached hydrogens (tertiary/aromatic N) is 1. The summed E-state index contributed by atoms with van der Waals surface area (Å²) in [7, 11) is 0. The number of carbonyl (C=O) groups is 2. The molecule has 4 heteroatoms. The molecule has 0 saturated heterocycles. The number of ketones is 1. The highest BCUT2D eigenvalue weighted by Gasteiger charge is 2.50. The third kappa shape index (κ3) is 3.54. The van der Waals surface area contributed by atoms with Gasteiger partial charge in [-0.3, -0.25) is 9.59 Å². The van der Waals surface area contributed by atoms with Crippen LogP contribution in [0.2, 0.25) is 0 Å². The number of hydrogen-bond donors (Lipinski definition) is 1. The Bertz CT molecular complexity index is 638. The number of benzene rings is 1. The van der Waals surface area contributed by atoms with Gasteiger partial charge >= 0.3 is 0 Å². The molecule has 0 aromatic heterocycles. The predicted molar refractivity (Wildman–Crippen MR) is 96.2 cm³/mol. The first-order valence-electron chi connectivity index (χ1n) is 8.96. The van der Waals surface area contributed by atoms with Gasteiger partial charge in [-0.15, -0.1) is 0 Å². The molecule has 0 bridgehead atoms. The van der Waals surface area contributed by atoms with Gasteiger partial charge in [0.15, 0.2) is 5.60 Å². The highest BCUT2D eigenvalue weighted by atomic mass is 16.3. The zero-order valence-corrected chi connectivity index (χ0v) is 15.3. The molecule has 1 heterocycles. The first kappa shape index (κ1) is 18.7. The number of amides is 1. The largest absolute Gasteiger partial charge is 0.375 e. The van der Waals surface area contributed by atoms with Gasteiger partial charge in [-0.2, -0.15) is 0 Å². The van der Waals surface area contributed by atoms with Crippen molar-refractivity contribution in [2.45, 2.75) is 71.8 Å². The van der Waals surface area contributed by atoms with Crippen LogP contribution in [0.5, 0.6) is 0 Å². The van der Waals surface area contributed by atoms with Gasteiger partial charge in [0.05, 0.1) is 5.69 Å². The summed E-state index contributed by atoms with van der Waals surface area (Å²) in [6, 6.07) is 3.87. The van der Waals surface area contributed by atoms with Crippen LogP contribution in [0.3, 0.4) is 0 Å². The molecular weight excluding hydrogens is 302 g/mol. The molecule has 1 atom stereocenters. The Hall–Kier alpha value is -1.68. The van der Waals surface area contributed by atoms with Gasteiger partial charge in [-0.25, -0.2) is 0 Å². The highest BCUT2D eigenvalue weighted by molar-refractivity contribution is 6.09. The summed E-state index contributed by atoms with van der Waals surface area (Å²) in [6.07, 6.45) is 5.38. The van der Waals surface area contributed by atoms with E-state index < -0.39 is 5.60 Å². The van der Waals surface area contributed by atoms with E-state index >= 15 is 0 Å². The molecule has 24 heavy (non-hydrogen) atoms. The van der Waals surface area contributed by atoms with Crippen molar-refractivity contribution in [1.29, 1.82) is 0 Å². The Morgan fingerprint density at radius 3 is 2.46 bits per heavy atom. The summed E-state index contributed by atoms with van der Waals surface area (Å²) in [4.78, 5) is 26.3. The molecule has 1 amide bonds. The maximum Gasteiger partial charge on any atom is 0.264 e. The Kier molecular flexibility index (Phi) is 5.81. The van der Waals surface area contributed by atoms with Gasteiger partial charge in [-0.1, -0.05) is 50.3 Å². The summed E-state index contributed by atoms with van der Waals surface area (Å²) in [5.41, 5.74) is 1.65. The first-order chi connectivity index (χ1) is 11.3. The number of anilines is 1. The average molecular weight is 331 g/mol. The summed E-state index contributed by atoms with van der Waals surface area (Å²) >= 11 is 0. The van der Waals surface area contributed by atoms with Crippen LogP contribution in [-0.2, 0) is 15.2 Å². The molecule has 1 N–H and O–H groups in total. The van der Waals surface area contributed by atoms with E-state index in [0.29, 0.717) is 12.1 Å². The lowest BCUT2D eigenvalue weighted by Crippen LogP contribution is -2.42. The van der Waals surface area contributed by atoms with Crippen LogP contribution in [0.25, 0.3) is 0 Å². The fraction of sp³-hybridized carbons (Fsp3) is 0.600. The number of carbonyl (C=O) groups excluding carboxylic acids is 2. The minimum atomic E-state index is -1.71. The van der Waals surface area contributed by atoms with Gasteiger partial charge in [-0.05, 0) is 32.8 Å². The van der Waals surface area contributed by atoms with Gasteiger partial charge in [0, 0.05) is 18.5 Å². The molecule has 1 aliphatic rings. The zero-order chi connectivity index (χ0) is 17.9. The summed E-state index contributed by atoms with van der Waals surface area (Å²) in [6.45, 7) is 8.09. The lowest BCUT2D eigenvalue weighted by Gasteiger charge is -2.22. The van der Waals surface area contributed by atoms with Crippen molar-refractivity contribution >= 4 is 17.4 Å². The van der Waals surface area contributed by atoms with Crippen molar-refractivity contribution in [2.75, 3.05) is 11.4 Å². The molecule has 132 valence electrons. The molecule has 0 aliphatic carbocycles. The maximum absolute atomic E-state index is 12.9. The number of rotatable bonds is 8. The van der Waals surface area contributed by atoms with Crippen LogP contribution in [0.15, 0.2) is 12.1 Å². The van der Waals surface area contributed by atoms with Crippen molar-refractivity contribution < 1.29 is 14.7 Å². The van der Waals surface area contributed by atoms with E-state index in [2.05, 4.69) is 6.92 Å². The molecule has 1 aromatic carbocycles. The summed E-state index contributed by atoms with van der Waals surface area (Å²) < 4.78 is 0. The predicted octanol–water partition coefficient (Wildman–Crippen LogP) is 3.79. The van der Waals surface area contributed by atoms with Crippen LogP contribution in [-0.4, -0.2) is 23.3 Å². The minimum Gasteiger partial charge on any atom is -0.375 e. The maximum atomic E-state index is 12.9. The Morgan fingerprint density at radius 2 is 1.83 bits per heavy atom. The highest BCUT2D eigenvalue weighted by Crippen LogP contribution is 2.45. The lowest BCUT2D eigenvalue weighted by molar-refractivity contribution is -0.141. The second-order valence-corrected chi connectivity index (χ2v) is 7.09. The van der Waals surface area contributed by atoms with Gasteiger partial charge in [0.25, 0.3) is 5.91 Å². The number of hydrogen-bond acceptors (Lipinski definition) is 3. The molecule has 0 saturated carbocycles. The summed E-state index contributed by atoms with van der Waals surface area (Å²) in [5, 5.41) is 11.0. The fourth-order valence-corrected chi connectivity index (χ4v) is 3.69. The lowest BCUT2D eigenvalue weighted by atomic mass is 9.88. The Balaban J connectivity index is 2.31. The third-order valence-corrected chi connectivity index (χ3v) is 4.75. The SMILES string of the molecule is CCCCCCCN1C(=O)C(O)(CC(C)=O)c2cc(C)cc(C)c21. The number of aliphatic hydroxyl groups is 1. The van der Waals surface area contributed by atoms with Crippen LogP contribution in [0.1, 0.15) is 69.1 Å². The molecule has 0 fully saturated rings. The summed E-state index contributed by atoms with van der Waals surface area (Å²) in [5.74, 6) is -0.530. The molecule has 0 spiro atoms. The molecular formula is C20H29NO3. The van der Waals surface area contributed by atoms with Crippen molar-refractivity contribution in [3.8, 4) is 0 Å². The number of Topliss-reactive ketones (excluding diaryl/α,β-unsaturated/α-hetero) is 1. The third-order valence-electron chi connectivity index (χ3n) is 4.75. The Morgan fingerprint density at radius 1 is 1.17 bits per heavy atom. The standard InChI is InChI=1S/C20H29NO3/c1-5-6-7-8-9-10-21-18-15(3)11-14(2)12-17(18)20(24,19(21)23)13-16(4)22/h11-12,24H,5-10,13H2,1-4H3. The van der Waals surface area contributed by atoms with E-state index in [0.717, 1.165) is 36.1 Å². The monoisotopic (exact) mass is 331 g/mol. The van der Waals surface area contributed by atoms with E-state index in [1.807, 2.05) is 26.0 Å². The topological polar surface area (TPSA) is 57.6 Å². The smallest absolute Gasteiger partial charge is 0.264 e. The van der Waals surface area contributed by atoms with Crippen LogP contribution >= 0.6 is 0 Å². The van der Waals surface area contributed by atoms with E-state index in [4.69, 9.17) is 0 Å². The second kappa shape index (κ2) is 7.47. The van der Waals surface area contributed by atoms with E-state index in [9.17, 15) is 14.7 Å². The van der Waals surface area contributed by atoms with Crippen LogP contribution in [0.4, 0.5) is 5.69 Å². The van der Waals surface area contributed by atoms with Crippen molar-refractivity contribution in [1.82, 2.24) is 0 Å². The molecule has 1 aliphatic heterocycles. The van der Waals surface area contributed by atoms with E-state index in [1.165, 1.54) is 19.8 Å². The first-order valence-corrected chi connectivity index (χ1v) is 8.96. The van der Waals surface area contributed by atoms with Crippen molar-refractivity contribution in [3.05, 3.63) is 28.8 Å².